The van der Waals surface area contributed by atoms with E-state index in [0.717, 1.165) is 5.56 Å². The third-order valence-electron chi connectivity index (χ3n) is 5.14. The molecule has 1 aromatic heterocycles. The predicted octanol–water partition coefficient (Wildman–Crippen LogP) is 2.78. The van der Waals surface area contributed by atoms with Crippen molar-refractivity contribution in [1.29, 1.82) is 0 Å². The van der Waals surface area contributed by atoms with Crippen molar-refractivity contribution in [3.05, 3.63) is 36.5 Å². The number of nitrogens with zero attached hydrogens (tertiary/aromatic N) is 3. The second kappa shape index (κ2) is 8.95. The first-order chi connectivity index (χ1) is 14.2. The summed E-state index contributed by atoms with van der Waals surface area (Å²) in [6, 6.07) is 9.08. The molecule has 4 atom stereocenters. The van der Waals surface area contributed by atoms with Crippen molar-refractivity contribution >= 4 is 11.9 Å². The third kappa shape index (κ3) is 5.05. The van der Waals surface area contributed by atoms with Crippen LogP contribution in [-0.4, -0.2) is 50.4 Å². The van der Waals surface area contributed by atoms with E-state index in [1.807, 2.05) is 30.3 Å². The number of benzene rings is 1. The van der Waals surface area contributed by atoms with Crippen molar-refractivity contribution in [3.8, 4) is 11.3 Å². The van der Waals surface area contributed by atoms with Gasteiger partial charge in [-0.3, -0.25) is 9.59 Å². The van der Waals surface area contributed by atoms with Gasteiger partial charge in [0, 0.05) is 5.56 Å². The van der Waals surface area contributed by atoms with Crippen LogP contribution in [0.5, 0.6) is 0 Å². The van der Waals surface area contributed by atoms with E-state index >= 15 is 0 Å². The Bertz CT molecular complexity index is 874. The maximum absolute atomic E-state index is 12.7. The SMILES string of the molecule is CCOC(=O)[C@@H]1C[C@@H](n2cc(-c3ccccc3)nn2)[C@H](O)C[C@@H]1C(=O)OC(C)(C)C. The van der Waals surface area contributed by atoms with E-state index in [0.29, 0.717) is 5.69 Å². The summed E-state index contributed by atoms with van der Waals surface area (Å²) < 4.78 is 12.3. The summed E-state index contributed by atoms with van der Waals surface area (Å²) in [5.41, 5.74) is 0.890. The lowest BCUT2D eigenvalue weighted by Gasteiger charge is -2.37. The Morgan fingerprint density at radius 1 is 1.13 bits per heavy atom. The van der Waals surface area contributed by atoms with Crippen molar-refractivity contribution in [3.63, 3.8) is 0 Å². The summed E-state index contributed by atoms with van der Waals surface area (Å²) >= 11 is 0. The van der Waals surface area contributed by atoms with Crippen LogP contribution >= 0.6 is 0 Å². The van der Waals surface area contributed by atoms with Crippen LogP contribution in [0.25, 0.3) is 11.3 Å². The topological polar surface area (TPSA) is 104 Å². The van der Waals surface area contributed by atoms with E-state index in [1.165, 1.54) is 0 Å². The van der Waals surface area contributed by atoms with Gasteiger partial charge in [0.05, 0.1) is 36.8 Å². The van der Waals surface area contributed by atoms with E-state index in [2.05, 4.69) is 10.3 Å². The molecule has 1 N–H and O–H groups in total. The van der Waals surface area contributed by atoms with Crippen LogP contribution < -0.4 is 0 Å². The lowest BCUT2D eigenvalue weighted by molar-refractivity contribution is -0.173. The molecule has 0 radical (unpaired) electrons. The Kier molecular flexibility index (Phi) is 6.55. The van der Waals surface area contributed by atoms with Gasteiger partial charge in [-0.15, -0.1) is 5.10 Å². The molecule has 30 heavy (non-hydrogen) atoms. The minimum atomic E-state index is -0.876. The summed E-state index contributed by atoms with van der Waals surface area (Å²) in [6.07, 6.45) is 1.17. The van der Waals surface area contributed by atoms with Crippen molar-refractivity contribution in [2.75, 3.05) is 6.61 Å². The maximum Gasteiger partial charge on any atom is 0.310 e. The number of ether oxygens (including phenoxy) is 2. The highest BCUT2D eigenvalue weighted by Crippen LogP contribution is 2.39. The number of esters is 2. The van der Waals surface area contributed by atoms with Gasteiger partial charge in [-0.25, -0.2) is 4.68 Å². The fourth-order valence-corrected chi connectivity index (χ4v) is 3.78. The average molecular weight is 415 g/mol. The number of aromatic nitrogens is 3. The summed E-state index contributed by atoms with van der Waals surface area (Å²) in [5.74, 6) is -2.46. The summed E-state index contributed by atoms with van der Waals surface area (Å²) in [7, 11) is 0. The molecule has 0 amide bonds. The zero-order valence-electron chi connectivity index (χ0n) is 17.8. The lowest BCUT2D eigenvalue weighted by atomic mass is 9.75. The molecule has 162 valence electrons. The highest BCUT2D eigenvalue weighted by molar-refractivity contribution is 5.82. The fourth-order valence-electron chi connectivity index (χ4n) is 3.78. The predicted molar refractivity (Wildman–Crippen MR) is 109 cm³/mol. The number of aliphatic hydroxyl groups is 1. The fraction of sp³-hybridized carbons (Fsp3) is 0.545. The second-order valence-corrected chi connectivity index (χ2v) is 8.55. The van der Waals surface area contributed by atoms with E-state index in [9.17, 15) is 14.7 Å². The first-order valence-corrected chi connectivity index (χ1v) is 10.2. The van der Waals surface area contributed by atoms with Crippen molar-refractivity contribution < 1.29 is 24.2 Å². The molecule has 8 heteroatoms. The molecular weight excluding hydrogens is 386 g/mol. The zero-order valence-corrected chi connectivity index (χ0v) is 17.8. The molecule has 0 aliphatic heterocycles. The first kappa shape index (κ1) is 22.0. The van der Waals surface area contributed by atoms with Crippen LogP contribution in [0.3, 0.4) is 0 Å². The molecule has 1 aliphatic rings. The number of hydrogen-bond acceptors (Lipinski definition) is 7. The van der Waals surface area contributed by atoms with E-state index in [-0.39, 0.29) is 19.4 Å². The normalized spacial score (nSPS) is 24.3. The molecule has 1 heterocycles. The average Bonchev–Trinajstić information content (AvgIpc) is 3.17. The van der Waals surface area contributed by atoms with Gasteiger partial charge in [-0.2, -0.15) is 0 Å². The van der Waals surface area contributed by atoms with Crippen molar-refractivity contribution in [2.45, 2.75) is 58.3 Å². The first-order valence-electron chi connectivity index (χ1n) is 10.2. The van der Waals surface area contributed by atoms with Crippen LogP contribution in [0.4, 0.5) is 0 Å². The molecule has 0 spiro atoms. The molecular formula is C22H29N3O5. The van der Waals surface area contributed by atoms with Gasteiger partial charge in [0.15, 0.2) is 0 Å². The molecule has 1 aromatic carbocycles. The molecule has 2 aromatic rings. The number of rotatable bonds is 5. The molecule has 0 bridgehead atoms. The maximum atomic E-state index is 12.7. The van der Waals surface area contributed by atoms with Gasteiger partial charge in [0.2, 0.25) is 0 Å². The molecule has 0 saturated heterocycles. The Morgan fingerprint density at radius 3 is 2.43 bits per heavy atom. The van der Waals surface area contributed by atoms with Gasteiger partial charge in [0.25, 0.3) is 0 Å². The van der Waals surface area contributed by atoms with Gasteiger partial charge < -0.3 is 14.6 Å². The van der Waals surface area contributed by atoms with E-state index in [4.69, 9.17) is 9.47 Å². The highest BCUT2D eigenvalue weighted by Gasteiger charge is 2.46. The highest BCUT2D eigenvalue weighted by atomic mass is 16.6. The molecule has 8 nitrogen and oxygen atoms in total. The number of hydrogen-bond donors (Lipinski definition) is 1. The van der Waals surface area contributed by atoms with Crippen LogP contribution in [-0.2, 0) is 19.1 Å². The smallest absolute Gasteiger partial charge is 0.310 e. The number of carbonyl (C=O) groups is 2. The second-order valence-electron chi connectivity index (χ2n) is 8.55. The van der Waals surface area contributed by atoms with Gasteiger partial charge in [-0.1, -0.05) is 35.5 Å². The minimum Gasteiger partial charge on any atom is -0.466 e. The minimum absolute atomic E-state index is 0.0869. The molecule has 3 rings (SSSR count). The quantitative estimate of drug-likeness (QED) is 0.749. The van der Waals surface area contributed by atoms with Gasteiger partial charge in [0.1, 0.15) is 11.3 Å². The van der Waals surface area contributed by atoms with Crippen LogP contribution in [0.2, 0.25) is 0 Å². The summed E-state index contributed by atoms with van der Waals surface area (Å²) in [6.45, 7) is 7.25. The van der Waals surface area contributed by atoms with Crippen LogP contribution in [0, 0.1) is 11.8 Å². The van der Waals surface area contributed by atoms with E-state index in [1.54, 1.807) is 38.6 Å². The Balaban J connectivity index is 1.84. The third-order valence-corrected chi connectivity index (χ3v) is 5.14. The van der Waals surface area contributed by atoms with Crippen LogP contribution in [0.1, 0.15) is 46.6 Å². The summed E-state index contributed by atoms with van der Waals surface area (Å²) in [5, 5.41) is 19.2. The Morgan fingerprint density at radius 2 is 1.80 bits per heavy atom. The molecule has 0 unspecified atom stereocenters. The van der Waals surface area contributed by atoms with Gasteiger partial charge >= 0.3 is 11.9 Å². The number of carbonyl (C=O) groups excluding carboxylic acids is 2. The molecule has 1 fully saturated rings. The lowest BCUT2D eigenvalue weighted by Crippen LogP contribution is -2.45. The number of aliphatic hydroxyl groups excluding tert-OH is 1. The zero-order chi connectivity index (χ0) is 21.9. The summed E-state index contributed by atoms with van der Waals surface area (Å²) in [4.78, 5) is 25.4. The van der Waals surface area contributed by atoms with Crippen molar-refractivity contribution in [1.82, 2.24) is 15.0 Å². The van der Waals surface area contributed by atoms with Crippen LogP contribution in [0.15, 0.2) is 36.5 Å². The largest absolute Gasteiger partial charge is 0.466 e. The standard InChI is InChI=1S/C22H29N3O5/c1-5-29-20(27)15-11-18(19(26)12-16(15)21(28)30-22(2,3)4)25-13-17(23-24-25)14-9-7-6-8-10-14/h6-10,13,15-16,18-19,26H,5,11-12H2,1-4H3/t15-,16+,18-,19-/m1/s1. The molecule has 1 saturated carbocycles. The monoisotopic (exact) mass is 415 g/mol. The van der Waals surface area contributed by atoms with Crippen molar-refractivity contribution in [2.24, 2.45) is 11.8 Å². The Hall–Kier alpha value is -2.74. The van der Waals surface area contributed by atoms with E-state index < -0.39 is 41.5 Å². The molecule has 1 aliphatic carbocycles. The van der Waals surface area contributed by atoms with Gasteiger partial charge in [-0.05, 0) is 40.5 Å². The Labute approximate surface area is 176 Å².